The second-order valence-electron chi connectivity index (χ2n) is 2.75. The molecule has 1 aromatic rings. The van der Waals surface area contributed by atoms with E-state index in [2.05, 4.69) is 4.74 Å². The molecule has 84 valence electrons. The highest BCUT2D eigenvalue weighted by Crippen LogP contribution is 2.31. The Morgan fingerprint density at radius 2 is 1.73 bits per heavy atom. The van der Waals surface area contributed by atoms with Gasteiger partial charge in [-0.05, 0) is 17.7 Å². The molecular formula is C9H8F4O2. The molecule has 0 amide bonds. The van der Waals surface area contributed by atoms with Crippen LogP contribution in [0.25, 0.3) is 0 Å². The van der Waals surface area contributed by atoms with E-state index in [9.17, 15) is 17.6 Å². The standard InChI is InChI=1S/C9H8F4O2/c10-8(11)15-9(12,13)7-3-1-6(5-14)2-4-7/h1-4,8,14H,5H2. The van der Waals surface area contributed by atoms with Crippen molar-refractivity contribution in [2.75, 3.05) is 0 Å². The fraction of sp³-hybridized carbons (Fsp3) is 0.333. The summed E-state index contributed by atoms with van der Waals surface area (Å²) in [6.07, 6.45) is -4.03. The Morgan fingerprint density at radius 1 is 1.20 bits per heavy atom. The van der Waals surface area contributed by atoms with Crippen molar-refractivity contribution in [3.05, 3.63) is 35.4 Å². The van der Waals surface area contributed by atoms with Crippen LogP contribution in [0.15, 0.2) is 24.3 Å². The molecule has 0 saturated heterocycles. The summed E-state index contributed by atoms with van der Waals surface area (Å²) in [6.45, 7) is -3.85. The molecule has 0 bridgehead atoms. The molecule has 0 aliphatic rings. The molecule has 0 heterocycles. The number of hydrogen-bond donors (Lipinski definition) is 1. The summed E-state index contributed by atoms with van der Waals surface area (Å²) in [5.74, 6) is 0. The summed E-state index contributed by atoms with van der Waals surface area (Å²) in [5.41, 5.74) is -0.272. The SMILES string of the molecule is OCc1ccc(C(F)(F)OC(F)F)cc1. The Morgan fingerprint density at radius 3 is 2.13 bits per heavy atom. The largest absolute Gasteiger partial charge is 0.392 e. The van der Waals surface area contributed by atoms with E-state index >= 15 is 0 Å². The number of hydrogen-bond acceptors (Lipinski definition) is 2. The van der Waals surface area contributed by atoms with Gasteiger partial charge in [0.25, 0.3) is 0 Å². The molecule has 0 aliphatic heterocycles. The first-order valence-corrected chi connectivity index (χ1v) is 4.00. The zero-order chi connectivity index (χ0) is 11.5. The highest BCUT2D eigenvalue weighted by Gasteiger charge is 2.36. The van der Waals surface area contributed by atoms with Gasteiger partial charge in [0.15, 0.2) is 0 Å². The van der Waals surface area contributed by atoms with Gasteiger partial charge in [-0.25, -0.2) is 0 Å². The molecule has 6 heteroatoms. The predicted molar refractivity (Wildman–Crippen MR) is 43.3 cm³/mol. The van der Waals surface area contributed by atoms with Gasteiger partial charge in [-0.1, -0.05) is 12.1 Å². The minimum Gasteiger partial charge on any atom is -0.392 e. The van der Waals surface area contributed by atoms with Gasteiger partial charge in [-0.3, -0.25) is 4.74 Å². The number of ether oxygens (including phenoxy) is 1. The normalized spacial score (nSPS) is 12.1. The molecule has 2 nitrogen and oxygen atoms in total. The third-order valence-electron chi connectivity index (χ3n) is 1.71. The molecule has 1 rings (SSSR count). The Bertz CT molecular complexity index is 310. The lowest BCUT2D eigenvalue weighted by molar-refractivity contribution is -0.328. The second-order valence-corrected chi connectivity index (χ2v) is 2.75. The first-order chi connectivity index (χ1) is 6.95. The number of halogens is 4. The molecule has 0 spiro atoms. The van der Waals surface area contributed by atoms with Crippen LogP contribution in [0.1, 0.15) is 11.1 Å². The highest BCUT2D eigenvalue weighted by molar-refractivity contribution is 5.24. The lowest BCUT2D eigenvalue weighted by atomic mass is 10.1. The topological polar surface area (TPSA) is 29.5 Å². The number of aliphatic hydroxyl groups is 1. The van der Waals surface area contributed by atoms with Crippen LogP contribution in [-0.4, -0.2) is 11.7 Å². The third kappa shape index (κ3) is 3.17. The molecule has 1 aromatic carbocycles. The molecule has 0 saturated carbocycles. The molecule has 0 aliphatic carbocycles. The minimum absolute atomic E-state index is 0.304. The zero-order valence-electron chi connectivity index (χ0n) is 7.46. The van der Waals surface area contributed by atoms with Crippen molar-refractivity contribution >= 4 is 0 Å². The van der Waals surface area contributed by atoms with E-state index in [1.54, 1.807) is 0 Å². The molecule has 0 unspecified atom stereocenters. The lowest BCUT2D eigenvalue weighted by Crippen LogP contribution is -2.21. The number of alkyl halides is 4. The molecular weight excluding hydrogens is 216 g/mol. The van der Waals surface area contributed by atoms with E-state index in [0.29, 0.717) is 5.56 Å². The molecule has 0 aromatic heterocycles. The maximum absolute atomic E-state index is 12.9. The van der Waals surface area contributed by atoms with Gasteiger partial charge >= 0.3 is 12.7 Å². The molecule has 0 fully saturated rings. The van der Waals surface area contributed by atoms with Crippen molar-refractivity contribution in [1.29, 1.82) is 0 Å². The molecule has 0 atom stereocenters. The minimum atomic E-state index is -4.03. The summed E-state index contributed by atoms with van der Waals surface area (Å²) >= 11 is 0. The summed E-state index contributed by atoms with van der Waals surface area (Å²) in [5, 5.41) is 8.64. The van der Waals surface area contributed by atoms with Crippen LogP contribution in [0.3, 0.4) is 0 Å². The van der Waals surface area contributed by atoms with Crippen LogP contribution in [0.5, 0.6) is 0 Å². The summed E-state index contributed by atoms with van der Waals surface area (Å²) < 4.78 is 52.2. The Kier molecular flexibility index (Phi) is 3.65. The average Bonchev–Trinajstić information content (AvgIpc) is 2.16. The second kappa shape index (κ2) is 4.59. The first-order valence-electron chi connectivity index (χ1n) is 4.00. The van der Waals surface area contributed by atoms with Crippen LogP contribution in [0.4, 0.5) is 17.6 Å². The van der Waals surface area contributed by atoms with Crippen molar-refractivity contribution < 1.29 is 27.4 Å². The van der Waals surface area contributed by atoms with Crippen LogP contribution in [-0.2, 0) is 17.5 Å². The number of benzene rings is 1. The van der Waals surface area contributed by atoms with E-state index < -0.39 is 18.3 Å². The summed E-state index contributed by atoms with van der Waals surface area (Å²) in [7, 11) is 0. The van der Waals surface area contributed by atoms with Crippen molar-refractivity contribution in [1.82, 2.24) is 0 Å². The van der Waals surface area contributed by atoms with E-state index in [1.165, 1.54) is 12.1 Å². The van der Waals surface area contributed by atoms with Gasteiger partial charge in [-0.2, -0.15) is 17.6 Å². The summed E-state index contributed by atoms with van der Waals surface area (Å²) in [6, 6.07) is 4.26. The van der Waals surface area contributed by atoms with Crippen molar-refractivity contribution in [2.45, 2.75) is 19.3 Å². The Hall–Kier alpha value is -1.14. The van der Waals surface area contributed by atoms with Gasteiger partial charge in [0.2, 0.25) is 0 Å². The van der Waals surface area contributed by atoms with Crippen molar-refractivity contribution in [3.63, 3.8) is 0 Å². The molecule has 1 N–H and O–H groups in total. The molecule has 0 radical (unpaired) electrons. The van der Waals surface area contributed by atoms with E-state index in [-0.39, 0.29) is 6.61 Å². The van der Waals surface area contributed by atoms with Crippen LogP contribution < -0.4 is 0 Å². The summed E-state index contributed by atoms with van der Waals surface area (Å²) in [4.78, 5) is 0. The lowest BCUT2D eigenvalue weighted by Gasteiger charge is -2.16. The van der Waals surface area contributed by atoms with E-state index in [0.717, 1.165) is 12.1 Å². The predicted octanol–water partition coefficient (Wildman–Crippen LogP) is 2.47. The smallest absolute Gasteiger partial charge is 0.387 e. The zero-order valence-corrected chi connectivity index (χ0v) is 7.46. The molecule has 15 heavy (non-hydrogen) atoms. The first kappa shape index (κ1) is 11.9. The van der Waals surface area contributed by atoms with Gasteiger partial charge in [0, 0.05) is 0 Å². The Balaban J connectivity index is 2.85. The maximum atomic E-state index is 12.9. The van der Waals surface area contributed by atoms with E-state index in [1.807, 2.05) is 0 Å². The third-order valence-corrected chi connectivity index (χ3v) is 1.71. The highest BCUT2D eigenvalue weighted by atomic mass is 19.3. The Labute approximate surface area is 83.1 Å². The van der Waals surface area contributed by atoms with Gasteiger partial charge < -0.3 is 5.11 Å². The fourth-order valence-electron chi connectivity index (χ4n) is 0.984. The van der Waals surface area contributed by atoms with Crippen LogP contribution in [0, 0.1) is 0 Å². The number of rotatable bonds is 4. The van der Waals surface area contributed by atoms with E-state index in [4.69, 9.17) is 5.11 Å². The maximum Gasteiger partial charge on any atom is 0.387 e. The quantitative estimate of drug-likeness (QED) is 0.796. The van der Waals surface area contributed by atoms with Crippen molar-refractivity contribution in [2.24, 2.45) is 0 Å². The average molecular weight is 224 g/mol. The van der Waals surface area contributed by atoms with Gasteiger partial charge in [0.1, 0.15) is 0 Å². The fourth-order valence-corrected chi connectivity index (χ4v) is 0.984. The monoisotopic (exact) mass is 224 g/mol. The van der Waals surface area contributed by atoms with Crippen LogP contribution in [0.2, 0.25) is 0 Å². The number of aliphatic hydroxyl groups excluding tert-OH is 1. The van der Waals surface area contributed by atoms with Crippen molar-refractivity contribution in [3.8, 4) is 0 Å². The van der Waals surface area contributed by atoms with Gasteiger partial charge in [-0.15, -0.1) is 0 Å². The van der Waals surface area contributed by atoms with Crippen LogP contribution >= 0.6 is 0 Å². The van der Waals surface area contributed by atoms with Gasteiger partial charge in [0.05, 0.1) is 12.2 Å².